The van der Waals surface area contributed by atoms with Gasteiger partial charge in [-0.1, -0.05) is 23.9 Å². The minimum Gasteiger partial charge on any atom is -0.497 e. The summed E-state index contributed by atoms with van der Waals surface area (Å²) in [4.78, 5) is 12.4. The fourth-order valence-electron chi connectivity index (χ4n) is 1.66. The van der Waals surface area contributed by atoms with E-state index >= 15 is 0 Å². The topological polar surface area (TPSA) is 70.3 Å². The first kappa shape index (κ1) is 14.0. The Hall–Kier alpha value is -2.45. The van der Waals surface area contributed by atoms with Crippen LogP contribution < -0.4 is 4.74 Å². The lowest BCUT2D eigenvalue weighted by atomic mass is 10.2. The molecule has 0 saturated heterocycles. The number of aromatic carboxylic acids is 1. The zero-order valence-corrected chi connectivity index (χ0v) is 11.5. The Morgan fingerprint density at radius 2 is 2.00 bits per heavy atom. The molecule has 0 aromatic heterocycles. The van der Waals surface area contributed by atoms with Gasteiger partial charge in [-0.05, 0) is 30.3 Å². The first-order valence-corrected chi connectivity index (χ1v) is 6.55. The molecule has 0 aliphatic heterocycles. The molecule has 0 aliphatic carbocycles. The van der Waals surface area contributed by atoms with E-state index in [1.807, 2.05) is 0 Å². The van der Waals surface area contributed by atoms with Crippen molar-refractivity contribution in [2.45, 2.75) is 9.79 Å². The van der Waals surface area contributed by atoms with Gasteiger partial charge in [0.15, 0.2) is 0 Å². The molecular formula is C15H11NO3S. The molecular weight excluding hydrogens is 274 g/mol. The second-order valence-electron chi connectivity index (χ2n) is 3.88. The van der Waals surface area contributed by atoms with Crippen LogP contribution >= 0.6 is 11.8 Å². The molecule has 100 valence electrons. The van der Waals surface area contributed by atoms with E-state index in [0.29, 0.717) is 21.1 Å². The molecule has 0 fully saturated rings. The third kappa shape index (κ3) is 2.92. The summed E-state index contributed by atoms with van der Waals surface area (Å²) in [5.74, 6) is -0.367. The quantitative estimate of drug-likeness (QED) is 0.932. The van der Waals surface area contributed by atoms with Gasteiger partial charge in [-0.3, -0.25) is 0 Å². The first-order valence-electron chi connectivity index (χ1n) is 5.74. The summed E-state index contributed by atoms with van der Waals surface area (Å²) in [6, 6.07) is 13.9. The van der Waals surface area contributed by atoms with Gasteiger partial charge in [0.25, 0.3) is 0 Å². The van der Waals surface area contributed by atoms with Crippen molar-refractivity contribution in [1.29, 1.82) is 5.26 Å². The number of nitriles is 1. The van der Waals surface area contributed by atoms with Gasteiger partial charge in [0, 0.05) is 9.79 Å². The lowest BCUT2D eigenvalue weighted by Crippen LogP contribution is -1.98. The van der Waals surface area contributed by atoms with E-state index in [0.717, 1.165) is 0 Å². The van der Waals surface area contributed by atoms with Crippen LogP contribution in [-0.2, 0) is 0 Å². The van der Waals surface area contributed by atoms with E-state index in [1.165, 1.54) is 17.8 Å². The molecule has 2 aromatic carbocycles. The maximum Gasteiger partial charge on any atom is 0.336 e. The van der Waals surface area contributed by atoms with Crippen molar-refractivity contribution in [3.63, 3.8) is 0 Å². The fourth-order valence-corrected chi connectivity index (χ4v) is 2.70. The van der Waals surface area contributed by atoms with Crippen LogP contribution in [0.25, 0.3) is 0 Å². The Morgan fingerprint density at radius 3 is 2.65 bits per heavy atom. The van der Waals surface area contributed by atoms with E-state index in [-0.39, 0.29) is 5.56 Å². The number of hydrogen-bond donors (Lipinski definition) is 1. The Balaban J connectivity index is 2.44. The third-order valence-electron chi connectivity index (χ3n) is 2.65. The number of carbonyl (C=O) groups is 1. The number of carboxylic acid groups (broad SMARTS) is 1. The van der Waals surface area contributed by atoms with Gasteiger partial charge in [-0.15, -0.1) is 0 Å². The van der Waals surface area contributed by atoms with E-state index in [2.05, 4.69) is 6.07 Å². The maximum atomic E-state index is 11.2. The lowest BCUT2D eigenvalue weighted by Gasteiger charge is -2.08. The molecule has 0 saturated carbocycles. The number of ether oxygens (including phenoxy) is 1. The molecule has 0 spiro atoms. The van der Waals surface area contributed by atoms with Crippen molar-refractivity contribution in [3.8, 4) is 11.8 Å². The highest BCUT2D eigenvalue weighted by Gasteiger charge is 2.13. The molecule has 2 aromatic rings. The van der Waals surface area contributed by atoms with Gasteiger partial charge in [-0.25, -0.2) is 4.79 Å². The lowest BCUT2D eigenvalue weighted by molar-refractivity contribution is 0.0693. The van der Waals surface area contributed by atoms with E-state index < -0.39 is 5.97 Å². The average Bonchev–Trinajstić information content (AvgIpc) is 2.47. The van der Waals surface area contributed by atoms with Gasteiger partial charge in [0.2, 0.25) is 0 Å². The highest BCUT2D eigenvalue weighted by atomic mass is 32.2. The summed E-state index contributed by atoms with van der Waals surface area (Å²) in [5.41, 5.74) is 0.695. The molecule has 4 nitrogen and oxygen atoms in total. The first-order chi connectivity index (χ1) is 9.65. The Labute approximate surface area is 120 Å². The molecule has 0 bridgehead atoms. The SMILES string of the molecule is COc1ccc(C#N)c(Sc2ccccc2C(=O)O)c1. The highest BCUT2D eigenvalue weighted by Crippen LogP contribution is 2.34. The van der Waals surface area contributed by atoms with Crippen LogP contribution in [-0.4, -0.2) is 18.2 Å². The van der Waals surface area contributed by atoms with E-state index in [1.54, 1.807) is 43.5 Å². The molecule has 1 N–H and O–H groups in total. The van der Waals surface area contributed by atoms with Crippen LogP contribution in [0.5, 0.6) is 5.75 Å². The molecule has 2 rings (SSSR count). The molecule has 0 radical (unpaired) electrons. The molecule has 0 amide bonds. The van der Waals surface area contributed by atoms with Crippen LogP contribution in [0, 0.1) is 11.3 Å². The minimum absolute atomic E-state index is 0.212. The molecule has 20 heavy (non-hydrogen) atoms. The van der Waals surface area contributed by atoms with Crippen molar-refractivity contribution in [2.75, 3.05) is 7.11 Å². The summed E-state index contributed by atoms with van der Waals surface area (Å²) >= 11 is 1.24. The summed E-state index contributed by atoms with van der Waals surface area (Å²) in [5, 5.41) is 18.3. The van der Waals surface area contributed by atoms with Crippen molar-refractivity contribution in [1.82, 2.24) is 0 Å². The summed E-state index contributed by atoms with van der Waals surface area (Å²) in [7, 11) is 1.54. The predicted molar refractivity (Wildman–Crippen MR) is 75.2 cm³/mol. The molecule has 0 atom stereocenters. The summed E-state index contributed by atoms with van der Waals surface area (Å²) in [6.45, 7) is 0. The number of methoxy groups -OCH3 is 1. The van der Waals surface area contributed by atoms with Crippen LogP contribution in [0.2, 0.25) is 0 Å². The van der Waals surface area contributed by atoms with E-state index in [9.17, 15) is 4.79 Å². The normalized spacial score (nSPS) is 9.80. The van der Waals surface area contributed by atoms with Crippen LogP contribution in [0.1, 0.15) is 15.9 Å². The van der Waals surface area contributed by atoms with Gasteiger partial charge in [-0.2, -0.15) is 5.26 Å². The number of carboxylic acids is 1. The Bertz CT molecular complexity index is 692. The van der Waals surface area contributed by atoms with Crippen LogP contribution in [0.3, 0.4) is 0 Å². The van der Waals surface area contributed by atoms with E-state index in [4.69, 9.17) is 15.1 Å². The zero-order valence-electron chi connectivity index (χ0n) is 10.7. The van der Waals surface area contributed by atoms with Crippen molar-refractivity contribution < 1.29 is 14.6 Å². The average molecular weight is 285 g/mol. The summed E-state index contributed by atoms with van der Waals surface area (Å²) in [6.07, 6.45) is 0. The standard InChI is InChI=1S/C15H11NO3S/c1-19-11-7-6-10(9-16)14(8-11)20-13-5-3-2-4-12(13)15(17)18/h2-8H,1H3,(H,17,18). The molecule has 0 heterocycles. The number of nitrogens with zero attached hydrogens (tertiary/aromatic N) is 1. The van der Waals surface area contributed by atoms with Crippen molar-refractivity contribution in [3.05, 3.63) is 53.6 Å². The number of benzene rings is 2. The smallest absolute Gasteiger partial charge is 0.336 e. The third-order valence-corrected chi connectivity index (χ3v) is 3.78. The second kappa shape index (κ2) is 6.13. The Kier molecular flexibility index (Phi) is 4.28. The predicted octanol–water partition coefficient (Wildman–Crippen LogP) is 3.42. The second-order valence-corrected chi connectivity index (χ2v) is 4.96. The Morgan fingerprint density at radius 1 is 1.25 bits per heavy atom. The maximum absolute atomic E-state index is 11.2. The van der Waals surface area contributed by atoms with Gasteiger partial charge < -0.3 is 9.84 Å². The zero-order chi connectivity index (χ0) is 14.5. The number of hydrogen-bond acceptors (Lipinski definition) is 4. The minimum atomic E-state index is -0.991. The highest BCUT2D eigenvalue weighted by molar-refractivity contribution is 7.99. The largest absolute Gasteiger partial charge is 0.497 e. The summed E-state index contributed by atoms with van der Waals surface area (Å²) < 4.78 is 5.13. The van der Waals surface area contributed by atoms with Gasteiger partial charge in [0.1, 0.15) is 11.8 Å². The fraction of sp³-hybridized carbons (Fsp3) is 0.0667. The van der Waals surface area contributed by atoms with Crippen molar-refractivity contribution >= 4 is 17.7 Å². The number of rotatable bonds is 4. The molecule has 0 unspecified atom stereocenters. The monoisotopic (exact) mass is 285 g/mol. The van der Waals surface area contributed by atoms with Gasteiger partial charge >= 0.3 is 5.97 Å². The molecule has 5 heteroatoms. The van der Waals surface area contributed by atoms with Crippen LogP contribution in [0.15, 0.2) is 52.3 Å². The van der Waals surface area contributed by atoms with Crippen LogP contribution in [0.4, 0.5) is 0 Å². The molecule has 0 aliphatic rings. The van der Waals surface area contributed by atoms with Gasteiger partial charge in [0.05, 0.1) is 18.2 Å². The van der Waals surface area contributed by atoms with Crippen molar-refractivity contribution in [2.24, 2.45) is 0 Å².